The Bertz CT molecular complexity index is 938. The van der Waals surface area contributed by atoms with Gasteiger partial charge in [0.2, 0.25) is 5.24 Å². The number of pyridine rings is 1. The van der Waals surface area contributed by atoms with Gasteiger partial charge in [0.25, 0.3) is 5.69 Å². The van der Waals surface area contributed by atoms with Gasteiger partial charge in [-0.25, -0.2) is 0 Å². The Kier molecular flexibility index (Phi) is 4.95. The smallest absolute Gasteiger partial charge is 0.269 e. The predicted molar refractivity (Wildman–Crippen MR) is 100 cm³/mol. The van der Waals surface area contributed by atoms with Crippen LogP contribution in [-0.4, -0.2) is 20.9 Å². The summed E-state index contributed by atoms with van der Waals surface area (Å²) in [4.78, 5) is 31.6. The van der Waals surface area contributed by atoms with E-state index < -0.39 is 22.0 Å². The highest BCUT2D eigenvalue weighted by atomic mass is 35.5. The van der Waals surface area contributed by atoms with E-state index >= 15 is 0 Å². The van der Waals surface area contributed by atoms with Crippen LogP contribution < -0.4 is 0 Å². The number of hydrogen-bond acceptors (Lipinski definition) is 5. The molecule has 0 amide bonds. The molecule has 0 spiro atoms. The summed E-state index contributed by atoms with van der Waals surface area (Å²) in [5.74, 6) is -1.17. The first-order chi connectivity index (χ1) is 12.4. The van der Waals surface area contributed by atoms with Crippen molar-refractivity contribution < 1.29 is 9.72 Å². The second-order valence-corrected chi connectivity index (χ2v) is 6.48. The number of nitro benzene ring substituents is 1. The van der Waals surface area contributed by atoms with Gasteiger partial charge < -0.3 is 0 Å². The fourth-order valence-electron chi connectivity index (χ4n) is 3.42. The third-order valence-electron chi connectivity index (χ3n) is 4.49. The standard InChI is InChI=1S/C19H16ClN3O3/c1-11-16(14-6-4-8-21-10-14)18(17(19(20)24)12(2)22-11)13-5-3-7-15(9-13)23(25)26/h3-10,17-18H,1-2H3. The zero-order valence-corrected chi connectivity index (χ0v) is 15.0. The average Bonchev–Trinajstić information content (AvgIpc) is 2.61. The minimum atomic E-state index is -0.697. The van der Waals surface area contributed by atoms with Gasteiger partial charge in [0.05, 0.1) is 10.8 Å². The predicted octanol–water partition coefficient (Wildman–Crippen LogP) is 4.36. The van der Waals surface area contributed by atoms with Crippen molar-refractivity contribution in [2.24, 2.45) is 10.9 Å². The van der Waals surface area contributed by atoms with Gasteiger partial charge >= 0.3 is 0 Å². The molecule has 0 bridgehead atoms. The largest absolute Gasteiger partial charge is 0.281 e. The molecule has 6 nitrogen and oxygen atoms in total. The highest BCUT2D eigenvalue weighted by molar-refractivity contribution is 6.66. The van der Waals surface area contributed by atoms with Crippen LogP contribution in [0, 0.1) is 16.0 Å². The first-order valence-electron chi connectivity index (χ1n) is 8.00. The molecule has 2 aromatic rings. The van der Waals surface area contributed by atoms with Crippen LogP contribution in [0.1, 0.15) is 30.9 Å². The lowest BCUT2D eigenvalue weighted by Gasteiger charge is -2.32. The van der Waals surface area contributed by atoms with Crippen LogP contribution in [0.2, 0.25) is 0 Å². The van der Waals surface area contributed by atoms with Crippen molar-refractivity contribution >= 4 is 33.8 Å². The van der Waals surface area contributed by atoms with Gasteiger partial charge in [-0.15, -0.1) is 0 Å². The summed E-state index contributed by atoms with van der Waals surface area (Å²) in [6, 6.07) is 9.96. The molecule has 1 aromatic carbocycles. The van der Waals surface area contributed by atoms with Gasteiger partial charge in [-0.3, -0.25) is 24.9 Å². The minimum Gasteiger partial charge on any atom is -0.281 e. The summed E-state index contributed by atoms with van der Waals surface area (Å²) >= 11 is 5.91. The molecule has 0 saturated carbocycles. The molecule has 1 aliphatic heterocycles. The van der Waals surface area contributed by atoms with Gasteiger partial charge in [0, 0.05) is 41.9 Å². The Morgan fingerprint density at radius 2 is 2.00 bits per heavy atom. The molecule has 0 aliphatic carbocycles. The van der Waals surface area contributed by atoms with Crippen LogP contribution in [0.15, 0.2) is 59.5 Å². The van der Waals surface area contributed by atoms with E-state index in [-0.39, 0.29) is 5.69 Å². The second kappa shape index (κ2) is 7.17. The molecule has 7 heteroatoms. The van der Waals surface area contributed by atoms with E-state index in [0.717, 1.165) is 16.8 Å². The van der Waals surface area contributed by atoms with Gasteiger partial charge in [-0.2, -0.15) is 0 Å². The number of carbonyl (C=O) groups excluding carboxylic acids is 1. The fraction of sp³-hybridized carbons (Fsp3) is 0.211. The van der Waals surface area contributed by atoms with Gasteiger partial charge in [-0.1, -0.05) is 18.2 Å². The van der Waals surface area contributed by atoms with Crippen LogP contribution in [0.3, 0.4) is 0 Å². The highest BCUT2D eigenvalue weighted by Gasteiger charge is 2.38. The Morgan fingerprint density at radius 1 is 1.23 bits per heavy atom. The van der Waals surface area contributed by atoms with E-state index in [0.29, 0.717) is 11.3 Å². The molecule has 0 radical (unpaired) electrons. The van der Waals surface area contributed by atoms with Crippen molar-refractivity contribution in [3.63, 3.8) is 0 Å². The number of benzene rings is 1. The fourth-order valence-corrected chi connectivity index (χ4v) is 3.71. The van der Waals surface area contributed by atoms with Crippen molar-refractivity contribution in [2.75, 3.05) is 0 Å². The second-order valence-electron chi connectivity index (χ2n) is 6.11. The maximum atomic E-state index is 12.2. The lowest BCUT2D eigenvalue weighted by molar-refractivity contribution is -0.384. The van der Waals surface area contributed by atoms with Crippen molar-refractivity contribution in [3.05, 3.63) is 75.7 Å². The first-order valence-corrected chi connectivity index (χ1v) is 8.38. The summed E-state index contributed by atoms with van der Waals surface area (Å²) in [7, 11) is 0. The molecular formula is C19H16ClN3O3. The van der Waals surface area contributed by atoms with E-state index in [4.69, 9.17) is 11.6 Å². The molecular weight excluding hydrogens is 354 g/mol. The van der Waals surface area contributed by atoms with Crippen LogP contribution in [0.5, 0.6) is 0 Å². The first kappa shape index (κ1) is 17.9. The summed E-state index contributed by atoms with van der Waals surface area (Å²) in [6.45, 7) is 3.60. The van der Waals surface area contributed by atoms with Crippen molar-refractivity contribution in [2.45, 2.75) is 19.8 Å². The Morgan fingerprint density at radius 3 is 2.62 bits per heavy atom. The Labute approximate surface area is 155 Å². The van der Waals surface area contributed by atoms with Crippen LogP contribution in [-0.2, 0) is 4.79 Å². The van der Waals surface area contributed by atoms with Gasteiger partial charge in [0.15, 0.2) is 0 Å². The topological polar surface area (TPSA) is 85.5 Å². The molecule has 26 heavy (non-hydrogen) atoms. The number of rotatable bonds is 4. The SMILES string of the molecule is CC1=NC(C)=C(c2cccnc2)C(c2cccc([N+](=O)[O-])c2)C1C(=O)Cl. The monoisotopic (exact) mass is 369 g/mol. The maximum Gasteiger partial charge on any atom is 0.269 e. The maximum absolute atomic E-state index is 12.2. The summed E-state index contributed by atoms with van der Waals surface area (Å²) in [5.41, 5.74) is 3.54. The number of non-ortho nitro benzene ring substituents is 1. The Hall–Kier alpha value is -2.86. The third kappa shape index (κ3) is 3.28. The highest BCUT2D eigenvalue weighted by Crippen LogP contribution is 2.45. The van der Waals surface area contributed by atoms with Gasteiger partial charge in [0.1, 0.15) is 0 Å². The molecule has 0 saturated heterocycles. The molecule has 2 unspecified atom stereocenters. The lowest BCUT2D eigenvalue weighted by atomic mass is 9.74. The molecule has 1 aromatic heterocycles. The summed E-state index contributed by atoms with van der Waals surface area (Å²) in [5, 5.41) is 10.7. The Balaban J connectivity index is 2.25. The number of nitro groups is 1. The van der Waals surface area contributed by atoms with E-state index in [1.807, 2.05) is 13.0 Å². The zero-order valence-electron chi connectivity index (χ0n) is 14.2. The minimum absolute atomic E-state index is 0.0355. The van der Waals surface area contributed by atoms with E-state index in [9.17, 15) is 14.9 Å². The zero-order chi connectivity index (χ0) is 18.8. The van der Waals surface area contributed by atoms with Crippen LogP contribution >= 0.6 is 11.6 Å². The van der Waals surface area contributed by atoms with Crippen LogP contribution in [0.25, 0.3) is 5.57 Å². The number of hydrogen-bond donors (Lipinski definition) is 0. The molecule has 0 N–H and O–H groups in total. The molecule has 2 atom stereocenters. The number of carbonyl (C=O) groups is 1. The summed E-state index contributed by atoms with van der Waals surface area (Å²) < 4.78 is 0. The number of aromatic nitrogens is 1. The third-order valence-corrected chi connectivity index (χ3v) is 4.72. The van der Waals surface area contributed by atoms with Crippen molar-refractivity contribution in [1.29, 1.82) is 0 Å². The number of aliphatic imine (C=N–C) groups is 1. The number of allylic oxidation sites excluding steroid dienone is 2. The van der Waals surface area contributed by atoms with E-state index in [1.54, 1.807) is 37.5 Å². The molecule has 0 fully saturated rings. The van der Waals surface area contributed by atoms with Crippen molar-refractivity contribution in [3.8, 4) is 0 Å². The molecule has 2 heterocycles. The van der Waals surface area contributed by atoms with Gasteiger partial charge in [-0.05, 0) is 48.2 Å². The lowest BCUT2D eigenvalue weighted by Crippen LogP contribution is -2.30. The number of halogens is 1. The molecule has 1 aliphatic rings. The normalized spacial score (nSPS) is 19.9. The molecule has 132 valence electrons. The quantitative estimate of drug-likeness (QED) is 0.455. The average molecular weight is 370 g/mol. The van der Waals surface area contributed by atoms with Crippen molar-refractivity contribution in [1.82, 2.24) is 4.98 Å². The van der Waals surface area contributed by atoms with E-state index in [2.05, 4.69) is 9.98 Å². The number of nitrogens with zero attached hydrogens (tertiary/aromatic N) is 3. The van der Waals surface area contributed by atoms with E-state index in [1.165, 1.54) is 12.1 Å². The molecule has 3 rings (SSSR count). The summed E-state index contributed by atoms with van der Waals surface area (Å²) in [6.07, 6.45) is 3.35. The van der Waals surface area contributed by atoms with Crippen LogP contribution in [0.4, 0.5) is 5.69 Å².